The van der Waals surface area contributed by atoms with E-state index in [1.165, 1.54) is 31.6 Å². The lowest BCUT2D eigenvalue weighted by Gasteiger charge is -2.13. The fraction of sp³-hybridized carbons (Fsp3) is 0.750. The van der Waals surface area contributed by atoms with Crippen LogP contribution in [0, 0.1) is 5.92 Å². The minimum atomic E-state index is 0.578. The molecule has 0 aromatic carbocycles. The smallest absolute Gasteiger partial charge is 0.0948 e. The van der Waals surface area contributed by atoms with Gasteiger partial charge in [-0.3, -0.25) is 0 Å². The third kappa shape index (κ3) is 2.59. The number of hydrogen-bond acceptors (Lipinski definition) is 2. The zero-order valence-corrected chi connectivity index (χ0v) is 9.74. The van der Waals surface area contributed by atoms with Crippen LogP contribution in [0.25, 0.3) is 0 Å². The van der Waals surface area contributed by atoms with Crippen molar-refractivity contribution in [1.29, 1.82) is 0 Å². The average molecular weight is 207 g/mol. The van der Waals surface area contributed by atoms with Gasteiger partial charge >= 0.3 is 0 Å². The van der Waals surface area contributed by atoms with Gasteiger partial charge in [-0.2, -0.15) is 0 Å². The van der Waals surface area contributed by atoms with Crippen LogP contribution in [0.2, 0.25) is 0 Å². The Bertz CT molecular complexity index is 298. The molecule has 0 bridgehead atoms. The van der Waals surface area contributed by atoms with Crippen LogP contribution in [0.15, 0.2) is 12.5 Å². The summed E-state index contributed by atoms with van der Waals surface area (Å²) in [4.78, 5) is 4.24. The number of nitrogens with one attached hydrogen (secondary N) is 1. The van der Waals surface area contributed by atoms with Gasteiger partial charge in [0.25, 0.3) is 0 Å². The molecule has 0 aliphatic carbocycles. The Morgan fingerprint density at radius 1 is 1.60 bits per heavy atom. The molecule has 84 valence electrons. The molecule has 1 N–H and O–H groups in total. The third-order valence-corrected chi connectivity index (χ3v) is 3.28. The molecule has 3 nitrogen and oxygen atoms in total. The summed E-state index contributed by atoms with van der Waals surface area (Å²) in [6.45, 7) is 7.98. The molecule has 1 atom stereocenters. The lowest BCUT2D eigenvalue weighted by molar-refractivity contribution is 0.470. The maximum Gasteiger partial charge on any atom is 0.0948 e. The van der Waals surface area contributed by atoms with Crippen molar-refractivity contribution in [2.24, 2.45) is 5.92 Å². The van der Waals surface area contributed by atoms with Crippen LogP contribution in [0.5, 0.6) is 0 Å². The predicted octanol–water partition coefficient (Wildman–Crippen LogP) is 2.01. The molecule has 1 aromatic heterocycles. The molecule has 1 aliphatic rings. The zero-order valence-electron chi connectivity index (χ0n) is 9.74. The summed E-state index contributed by atoms with van der Waals surface area (Å²) in [5.74, 6) is 1.45. The molecule has 1 aliphatic heterocycles. The highest BCUT2D eigenvalue weighted by atomic mass is 15.0. The molecule has 0 saturated carbocycles. The van der Waals surface area contributed by atoms with E-state index in [1.54, 1.807) is 0 Å². The molecule has 0 spiro atoms. The van der Waals surface area contributed by atoms with E-state index < -0.39 is 0 Å². The monoisotopic (exact) mass is 207 g/mol. The minimum absolute atomic E-state index is 0.578. The Kier molecular flexibility index (Phi) is 3.41. The van der Waals surface area contributed by atoms with Gasteiger partial charge < -0.3 is 9.88 Å². The maximum atomic E-state index is 4.24. The summed E-state index contributed by atoms with van der Waals surface area (Å²) < 4.78 is 2.31. The molecule has 2 rings (SSSR count). The summed E-state index contributed by atoms with van der Waals surface area (Å²) in [6.07, 6.45) is 6.59. The Hall–Kier alpha value is -0.830. The molecule has 0 radical (unpaired) electrons. The molecule has 1 saturated heterocycles. The number of hydrogen-bond donors (Lipinski definition) is 1. The van der Waals surface area contributed by atoms with E-state index in [9.17, 15) is 0 Å². The first kappa shape index (κ1) is 10.7. The Morgan fingerprint density at radius 3 is 3.13 bits per heavy atom. The second-order valence-corrected chi connectivity index (χ2v) is 4.81. The van der Waals surface area contributed by atoms with Gasteiger partial charge in [-0.1, -0.05) is 13.8 Å². The lowest BCUT2D eigenvalue weighted by atomic mass is 10.0. The number of nitrogens with zero attached hydrogens (tertiary/aromatic N) is 2. The van der Waals surface area contributed by atoms with Crippen LogP contribution in [-0.4, -0.2) is 22.6 Å². The summed E-state index contributed by atoms with van der Waals surface area (Å²) in [5.41, 5.74) is 1.36. The van der Waals surface area contributed by atoms with Crippen molar-refractivity contribution in [2.45, 2.75) is 39.2 Å². The van der Waals surface area contributed by atoms with Crippen molar-refractivity contribution >= 4 is 0 Å². The van der Waals surface area contributed by atoms with E-state index in [2.05, 4.69) is 28.7 Å². The molecule has 3 heteroatoms. The van der Waals surface area contributed by atoms with Gasteiger partial charge in [0.15, 0.2) is 0 Å². The van der Waals surface area contributed by atoms with E-state index in [-0.39, 0.29) is 0 Å². The largest absolute Gasteiger partial charge is 0.334 e. The van der Waals surface area contributed by atoms with Gasteiger partial charge in [-0.05, 0) is 37.8 Å². The molecule has 1 fully saturated rings. The molecule has 15 heavy (non-hydrogen) atoms. The highest BCUT2D eigenvalue weighted by Gasteiger charge is 2.15. The van der Waals surface area contributed by atoms with Crippen molar-refractivity contribution in [1.82, 2.24) is 14.9 Å². The van der Waals surface area contributed by atoms with E-state index in [1.807, 2.05) is 12.5 Å². The fourth-order valence-corrected chi connectivity index (χ4v) is 2.28. The van der Waals surface area contributed by atoms with Crippen molar-refractivity contribution in [3.8, 4) is 0 Å². The van der Waals surface area contributed by atoms with E-state index >= 15 is 0 Å². The van der Waals surface area contributed by atoms with E-state index in [0.717, 1.165) is 12.5 Å². The van der Waals surface area contributed by atoms with Crippen molar-refractivity contribution in [2.75, 3.05) is 13.1 Å². The second kappa shape index (κ2) is 4.79. The van der Waals surface area contributed by atoms with E-state index in [0.29, 0.717) is 5.92 Å². The Morgan fingerprint density at radius 2 is 2.47 bits per heavy atom. The standard InChI is InChI=1S/C12H21N3/c1-10(2)12-8-14-9-15(12)6-4-11-3-5-13-7-11/h8-11,13H,3-7H2,1-2H3. The zero-order chi connectivity index (χ0) is 10.7. The first-order chi connectivity index (χ1) is 7.27. The van der Waals surface area contributed by atoms with Gasteiger partial charge in [-0.25, -0.2) is 4.98 Å². The lowest BCUT2D eigenvalue weighted by Crippen LogP contribution is -2.12. The summed E-state index contributed by atoms with van der Waals surface area (Å²) in [6, 6.07) is 0. The molecular formula is C12H21N3. The normalized spacial score (nSPS) is 21.4. The molecule has 2 heterocycles. The fourth-order valence-electron chi connectivity index (χ4n) is 2.28. The number of rotatable bonds is 4. The van der Waals surface area contributed by atoms with E-state index in [4.69, 9.17) is 0 Å². The molecule has 1 aromatic rings. The summed E-state index contributed by atoms with van der Waals surface area (Å²) in [5, 5.41) is 3.41. The van der Waals surface area contributed by atoms with Crippen LogP contribution in [-0.2, 0) is 6.54 Å². The predicted molar refractivity (Wildman–Crippen MR) is 61.9 cm³/mol. The second-order valence-electron chi connectivity index (χ2n) is 4.81. The SMILES string of the molecule is CC(C)c1cncn1CCC1CCNC1. The van der Waals surface area contributed by atoms with Crippen LogP contribution >= 0.6 is 0 Å². The first-order valence-electron chi connectivity index (χ1n) is 5.98. The molecular weight excluding hydrogens is 186 g/mol. The van der Waals surface area contributed by atoms with Gasteiger partial charge in [0.1, 0.15) is 0 Å². The van der Waals surface area contributed by atoms with Crippen LogP contribution < -0.4 is 5.32 Å². The van der Waals surface area contributed by atoms with Gasteiger partial charge in [-0.15, -0.1) is 0 Å². The van der Waals surface area contributed by atoms with Crippen LogP contribution in [0.1, 0.15) is 38.3 Å². The number of imidazole rings is 1. The van der Waals surface area contributed by atoms with Gasteiger partial charge in [0.2, 0.25) is 0 Å². The molecule has 1 unspecified atom stereocenters. The quantitative estimate of drug-likeness (QED) is 0.818. The molecule has 0 amide bonds. The average Bonchev–Trinajstić information content (AvgIpc) is 2.86. The van der Waals surface area contributed by atoms with Crippen LogP contribution in [0.3, 0.4) is 0 Å². The Labute approximate surface area is 91.9 Å². The first-order valence-corrected chi connectivity index (χ1v) is 5.98. The van der Waals surface area contributed by atoms with Crippen molar-refractivity contribution in [3.63, 3.8) is 0 Å². The Balaban J connectivity index is 1.89. The van der Waals surface area contributed by atoms with Crippen LogP contribution in [0.4, 0.5) is 0 Å². The topological polar surface area (TPSA) is 29.9 Å². The highest BCUT2D eigenvalue weighted by Crippen LogP contribution is 2.17. The number of aromatic nitrogens is 2. The minimum Gasteiger partial charge on any atom is -0.334 e. The summed E-state index contributed by atoms with van der Waals surface area (Å²) >= 11 is 0. The van der Waals surface area contributed by atoms with Crippen molar-refractivity contribution < 1.29 is 0 Å². The van der Waals surface area contributed by atoms with Gasteiger partial charge in [0.05, 0.1) is 6.33 Å². The maximum absolute atomic E-state index is 4.24. The highest BCUT2D eigenvalue weighted by molar-refractivity contribution is 5.03. The summed E-state index contributed by atoms with van der Waals surface area (Å²) in [7, 11) is 0. The number of aryl methyl sites for hydroxylation is 1. The van der Waals surface area contributed by atoms with Gasteiger partial charge in [0, 0.05) is 18.4 Å². The van der Waals surface area contributed by atoms with Crippen molar-refractivity contribution in [3.05, 3.63) is 18.2 Å². The third-order valence-electron chi connectivity index (χ3n) is 3.28.